The molecule has 96 valence electrons. The first-order chi connectivity index (χ1) is 9.24. The first-order valence-electron chi connectivity index (χ1n) is 5.89. The molecule has 0 unspecified atom stereocenters. The van der Waals surface area contributed by atoms with E-state index in [9.17, 15) is 0 Å². The zero-order chi connectivity index (χ0) is 13.2. The van der Waals surface area contributed by atoms with Gasteiger partial charge in [-0.2, -0.15) is 0 Å². The molecule has 3 aromatic rings. The van der Waals surface area contributed by atoms with Crippen molar-refractivity contribution in [2.75, 3.05) is 5.32 Å². The summed E-state index contributed by atoms with van der Waals surface area (Å²) < 4.78 is 2.30. The normalized spacial score (nSPS) is 10.8. The van der Waals surface area contributed by atoms with Gasteiger partial charge in [-0.05, 0) is 24.3 Å². The molecule has 4 heteroatoms. The van der Waals surface area contributed by atoms with Gasteiger partial charge in [0.1, 0.15) is 0 Å². The van der Waals surface area contributed by atoms with Crippen LogP contribution in [0.15, 0.2) is 53.0 Å². The number of anilines is 1. The molecule has 1 heterocycles. The van der Waals surface area contributed by atoms with E-state index in [-0.39, 0.29) is 0 Å². The van der Waals surface area contributed by atoms with Crippen LogP contribution in [0.1, 0.15) is 4.88 Å². The maximum atomic E-state index is 6.42. The molecular weight excluding hydrogens is 342 g/mol. The van der Waals surface area contributed by atoms with E-state index in [1.54, 1.807) is 11.3 Å². The van der Waals surface area contributed by atoms with Crippen molar-refractivity contribution in [3.63, 3.8) is 0 Å². The van der Waals surface area contributed by atoms with Crippen molar-refractivity contribution < 1.29 is 0 Å². The molecule has 0 saturated carbocycles. The summed E-state index contributed by atoms with van der Waals surface area (Å²) in [6.07, 6.45) is 0. The minimum absolute atomic E-state index is 0.745. The van der Waals surface area contributed by atoms with Gasteiger partial charge in [-0.15, -0.1) is 11.3 Å². The summed E-state index contributed by atoms with van der Waals surface area (Å²) in [6.45, 7) is 0.745. The molecule has 1 nitrogen and oxygen atoms in total. The fraction of sp³-hybridized carbons (Fsp3) is 0.0667. The topological polar surface area (TPSA) is 12.0 Å². The third-order valence-corrected chi connectivity index (χ3v) is 5.09. The standard InChI is InChI=1S/C15H11BrClNS/c16-10-4-3-5-11(8-10)18-9-14-15(17)12-6-1-2-7-13(12)19-14/h1-8,18H,9H2. The lowest BCUT2D eigenvalue weighted by atomic mass is 10.2. The Morgan fingerprint density at radius 2 is 1.95 bits per heavy atom. The highest BCUT2D eigenvalue weighted by Crippen LogP contribution is 2.35. The number of hydrogen-bond acceptors (Lipinski definition) is 2. The largest absolute Gasteiger partial charge is 0.380 e. The van der Waals surface area contributed by atoms with Gasteiger partial charge in [-0.25, -0.2) is 0 Å². The average molecular weight is 353 g/mol. The van der Waals surface area contributed by atoms with Crippen LogP contribution in [0.2, 0.25) is 5.02 Å². The van der Waals surface area contributed by atoms with E-state index < -0.39 is 0 Å². The van der Waals surface area contributed by atoms with Crippen LogP contribution in [0.4, 0.5) is 5.69 Å². The fourth-order valence-electron chi connectivity index (χ4n) is 1.96. The van der Waals surface area contributed by atoms with Gasteiger partial charge in [0.2, 0.25) is 0 Å². The van der Waals surface area contributed by atoms with E-state index in [2.05, 4.69) is 39.4 Å². The van der Waals surface area contributed by atoms with Crippen molar-refractivity contribution in [1.29, 1.82) is 0 Å². The van der Waals surface area contributed by atoms with E-state index in [1.807, 2.05) is 30.3 Å². The van der Waals surface area contributed by atoms with Crippen LogP contribution >= 0.6 is 38.9 Å². The van der Waals surface area contributed by atoms with E-state index in [0.717, 1.165) is 27.1 Å². The summed E-state index contributed by atoms with van der Waals surface area (Å²) in [7, 11) is 0. The predicted octanol–water partition coefficient (Wildman–Crippen LogP) is 5.93. The fourth-order valence-corrected chi connectivity index (χ4v) is 3.80. The molecule has 0 aliphatic carbocycles. The third kappa shape index (κ3) is 2.78. The number of hydrogen-bond donors (Lipinski definition) is 1. The van der Waals surface area contributed by atoms with E-state index in [0.29, 0.717) is 0 Å². The second-order valence-corrected chi connectivity index (χ2v) is 6.63. The van der Waals surface area contributed by atoms with Crippen LogP contribution in [0, 0.1) is 0 Å². The van der Waals surface area contributed by atoms with Crippen LogP contribution in [0.25, 0.3) is 10.1 Å². The summed E-state index contributed by atoms with van der Waals surface area (Å²) in [4.78, 5) is 1.17. The maximum Gasteiger partial charge on any atom is 0.0642 e. The highest BCUT2D eigenvalue weighted by Gasteiger charge is 2.09. The Morgan fingerprint density at radius 1 is 1.11 bits per heavy atom. The molecule has 0 aliphatic rings. The summed E-state index contributed by atoms with van der Waals surface area (Å²) >= 11 is 11.6. The van der Waals surface area contributed by atoms with Crippen molar-refractivity contribution >= 4 is 54.6 Å². The first kappa shape index (κ1) is 13.0. The molecule has 1 N–H and O–H groups in total. The highest BCUT2D eigenvalue weighted by molar-refractivity contribution is 9.10. The van der Waals surface area contributed by atoms with E-state index in [4.69, 9.17) is 11.6 Å². The summed E-state index contributed by atoms with van der Waals surface area (Å²) in [5, 5.41) is 5.40. The van der Waals surface area contributed by atoms with Gasteiger partial charge in [0, 0.05) is 25.1 Å². The van der Waals surface area contributed by atoms with Gasteiger partial charge in [-0.1, -0.05) is 51.8 Å². The Bertz CT molecular complexity index is 723. The number of thiophene rings is 1. The van der Waals surface area contributed by atoms with Crippen LogP contribution < -0.4 is 5.32 Å². The van der Waals surface area contributed by atoms with Gasteiger partial charge < -0.3 is 5.32 Å². The lowest BCUT2D eigenvalue weighted by Crippen LogP contribution is -1.97. The molecule has 0 saturated heterocycles. The monoisotopic (exact) mass is 351 g/mol. The van der Waals surface area contributed by atoms with Crippen LogP contribution in [-0.2, 0) is 6.54 Å². The summed E-state index contributed by atoms with van der Waals surface area (Å²) in [5.41, 5.74) is 1.09. The molecule has 0 amide bonds. The molecule has 3 rings (SSSR count). The van der Waals surface area contributed by atoms with Crippen molar-refractivity contribution in [3.05, 3.63) is 62.9 Å². The molecule has 0 fully saturated rings. The number of fused-ring (bicyclic) bond motifs is 1. The second kappa shape index (κ2) is 5.53. The predicted molar refractivity (Wildman–Crippen MR) is 88.3 cm³/mol. The Morgan fingerprint density at radius 3 is 2.74 bits per heavy atom. The van der Waals surface area contributed by atoms with Crippen molar-refractivity contribution in [1.82, 2.24) is 0 Å². The van der Waals surface area contributed by atoms with E-state index in [1.165, 1.54) is 9.58 Å². The third-order valence-electron chi connectivity index (χ3n) is 2.88. The second-order valence-electron chi connectivity index (χ2n) is 4.20. The zero-order valence-electron chi connectivity index (χ0n) is 9.99. The molecule has 0 radical (unpaired) electrons. The number of rotatable bonds is 3. The van der Waals surface area contributed by atoms with E-state index >= 15 is 0 Å². The van der Waals surface area contributed by atoms with Gasteiger partial charge in [0.05, 0.1) is 11.6 Å². The quantitative estimate of drug-likeness (QED) is 0.616. The Balaban J connectivity index is 1.84. The van der Waals surface area contributed by atoms with Crippen molar-refractivity contribution in [2.45, 2.75) is 6.54 Å². The lowest BCUT2D eigenvalue weighted by Gasteiger charge is -2.05. The molecule has 1 aromatic heterocycles. The Hall–Kier alpha value is -1.03. The highest BCUT2D eigenvalue weighted by atomic mass is 79.9. The maximum absolute atomic E-state index is 6.42. The minimum atomic E-state index is 0.745. The van der Waals surface area contributed by atoms with Gasteiger partial charge in [0.15, 0.2) is 0 Å². The number of halogens is 2. The summed E-state index contributed by atoms with van der Waals surface area (Å²) in [6, 6.07) is 16.4. The number of nitrogens with one attached hydrogen (secondary N) is 1. The van der Waals surface area contributed by atoms with Crippen LogP contribution in [0.3, 0.4) is 0 Å². The molecule has 2 aromatic carbocycles. The van der Waals surface area contributed by atoms with Crippen LogP contribution in [0.5, 0.6) is 0 Å². The van der Waals surface area contributed by atoms with Gasteiger partial charge >= 0.3 is 0 Å². The minimum Gasteiger partial charge on any atom is -0.380 e. The Kier molecular flexibility index (Phi) is 3.78. The molecule has 0 aliphatic heterocycles. The first-order valence-corrected chi connectivity index (χ1v) is 7.88. The molecule has 0 bridgehead atoms. The van der Waals surface area contributed by atoms with Crippen molar-refractivity contribution in [3.8, 4) is 0 Å². The SMILES string of the molecule is Clc1c(CNc2cccc(Br)c2)sc2ccccc12. The molecule has 0 atom stereocenters. The zero-order valence-corrected chi connectivity index (χ0v) is 13.1. The smallest absolute Gasteiger partial charge is 0.0642 e. The Labute approximate surface area is 129 Å². The molecular formula is C15H11BrClNS. The lowest BCUT2D eigenvalue weighted by molar-refractivity contribution is 1.19. The number of benzene rings is 2. The average Bonchev–Trinajstić information content (AvgIpc) is 2.74. The van der Waals surface area contributed by atoms with Crippen LogP contribution in [-0.4, -0.2) is 0 Å². The molecule has 0 spiro atoms. The summed E-state index contributed by atoms with van der Waals surface area (Å²) in [5.74, 6) is 0. The van der Waals surface area contributed by atoms with Gasteiger partial charge in [0.25, 0.3) is 0 Å². The van der Waals surface area contributed by atoms with Crippen molar-refractivity contribution in [2.24, 2.45) is 0 Å². The molecule has 19 heavy (non-hydrogen) atoms. The van der Waals surface area contributed by atoms with Gasteiger partial charge in [-0.3, -0.25) is 0 Å².